The van der Waals surface area contributed by atoms with Crippen molar-refractivity contribution >= 4 is 15.9 Å². The predicted molar refractivity (Wildman–Crippen MR) is 85.2 cm³/mol. The van der Waals surface area contributed by atoms with Crippen LogP contribution in [0.15, 0.2) is 17.2 Å². The summed E-state index contributed by atoms with van der Waals surface area (Å²) < 4.78 is 26.6. The smallest absolute Gasteiger partial charge is 0.270 e. The Balaban J connectivity index is 2.21. The second kappa shape index (κ2) is 6.42. The van der Waals surface area contributed by atoms with Crippen LogP contribution in [0, 0.1) is 5.92 Å². The minimum atomic E-state index is -3.59. The first-order chi connectivity index (χ1) is 10.2. The Hall–Kier alpha value is -1.34. The number of amides is 1. The molecule has 0 saturated carbocycles. The van der Waals surface area contributed by atoms with Crippen LogP contribution >= 0.6 is 0 Å². The van der Waals surface area contributed by atoms with Gasteiger partial charge in [-0.15, -0.1) is 0 Å². The van der Waals surface area contributed by atoms with Gasteiger partial charge in [-0.3, -0.25) is 4.79 Å². The number of nitrogens with one attached hydrogen (secondary N) is 1. The fraction of sp³-hybridized carbons (Fsp3) is 0.667. The van der Waals surface area contributed by atoms with Crippen molar-refractivity contribution in [2.24, 2.45) is 5.92 Å². The van der Waals surface area contributed by atoms with Crippen molar-refractivity contribution < 1.29 is 13.2 Å². The maximum absolute atomic E-state index is 12.6. The largest absolute Gasteiger partial charge is 0.356 e. The number of carbonyl (C=O) groups is 1. The Morgan fingerprint density at radius 1 is 1.27 bits per heavy atom. The Bertz CT molecular complexity index is 630. The number of likely N-dealkylation sites (tertiary alicyclic amines) is 1. The summed E-state index contributed by atoms with van der Waals surface area (Å²) in [4.78, 5) is 17.0. The van der Waals surface area contributed by atoms with Crippen molar-refractivity contribution in [1.29, 1.82) is 0 Å². The molecule has 22 heavy (non-hydrogen) atoms. The van der Waals surface area contributed by atoms with E-state index in [4.69, 9.17) is 0 Å². The third-order valence-corrected chi connectivity index (χ3v) is 6.42. The van der Waals surface area contributed by atoms with E-state index in [2.05, 4.69) is 4.98 Å². The molecule has 6 nitrogen and oxygen atoms in total. The molecule has 1 N–H and O–H groups in total. The standard InChI is InChI=1S/C15H25N3O3S/c1-11(2)12(3)17(4)22(20,21)13-9-14(16-10-13)15(19)18-7-5-6-8-18/h9-12,16H,5-8H2,1-4H3/t12-/m1/s1. The number of sulfonamides is 1. The number of nitrogens with zero attached hydrogens (tertiary/aromatic N) is 2. The average Bonchev–Trinajstić information content (AvgIpc) is 3.15. The third-order valence-electron chi connectivity index (χ3n) is 4.50. The molecule has 0 aliphatic carbocycles. The minimum Gasteiger partial charge on any atom is -0.356 e. The number of hydrogen-bond acceptors (Lipinski definition) is 3. The topological polar surface area (TPSA) is 73.5 Å². The van der Waals surface area contributed by atoms with Gasteiger partial charge in [-0.05, 0) is 31.7 Å². The summed E-state index contributed by atoms with van der Waals surface area (Å²) in [5, 5.41) is 0. The highest BCUT2D eigenvalue weighted by Gasteiger charge is 2.29. The average molecular weight is 327 g/mol. The van der Waals surface area contributed by atoms with E-state index in [-0.39, 0.29) is 22.8 Å². The molecule has 0 aromatic carbocycles. The minimum absolute atomic E-state index is 0.113. The van der Waals surface area contributed by atoms with Gasteiger partial charge in [0.25, 0.3) is 5.91 Å². The molecule has 1 aromatic rings. The number of carbonyl (C=O) groups excluding carboxylic acids is 1. The van der Waals surface area contributed by atoms with E-state index in [0.29, 0.717) is 5.69 Å². The fourth-order valence-corrected chi connectivity index (χ4v) is 4.03. The monoisotopic (exact) mass is 327 g/mol. The van der Waals surface area contributed by atoms with E-state index in [1.807, 2.05) is 20.8 Å². The molecular formula is C15H25N3O3S. The molecule has 1 aromatic heterocycles. The summed E-state index contributed by atoms with van der Waals surface area (Å²) in [6, 6.07) is 1.33. The molecule has 0 bridgehead atoms. The molecule has 7 heteroatoms. The first kappa shape index (κ1) is 17.0. The predicted octanol–water partition coefficient (Wildman–Crippen LogP) is 1.92. The molecule has 0 radical (unpaired) electrons. The molecule has 1 aliphatic rings. The number of rotatable bonds is 5. The van der Waals surface area contributed by atoms with Crippen molar-refractivity contribution in [2.75, 3.05) is 20.1 Å². The van der Waals surface area contributed by atoms with E-state index in [0.717, 1.165) is 25.9 Å². The van der Waals surface area contributed by atoms with Crippen LogP contribution < -0.4 is 0 Å². The third kappa shape index (κ3) is 3.20. The van der Waals surface area contributed by atoms with Crippen LogP contribution in [0.4, 0.5) is 0 Å². The van der Waals surface area contributed by atoms with Gasteiger partial charge in [0.1, 0.15) is 10.6 Å². The Morgan fingerprint density at radius 2 is 1.86 bits per heavy atom. The number of aromatic amines is 1. The Kier molecular flexibility index (Phi) is 4.97. The van der Waals surface area contributed by atoms with Crippen LogP contribution in [0.3, 0.4) is 0 Å². The molecule has 1 aliphatic heterocycles. The van der Waals surface area contributed by atoms with Gasteiger partial charge in [0.2, 0.25) is 10.0 Å². The van der Waals surface area contributed by atoms with Crippen LogP contribution in [0.1, 0.15) is 44.1 Å². The summed E-state index contributed by atoms with van der Waals surface area (Å²) in [5.74, 6) is 0.0860. The lowest BCUT2D eigenvalue weighted by atomic mass is 10.1. The molecule has 1 amide bonds. The Morgan fingerprint density at radius 3 is 2.41 bits per heavy atom. The van der Waals surface area contributed by atoms with Crippen molar-refractivity contribution in [2.45, 2.75) is 44.6 Å². The van der Waals surface area contributed by atoms with Gasteiger partial charge < -0.3 is 9.88 Å². The summed E-state index contributed by atoms with van der Waals surface area (Å²) in [6.07, 6.45) is 3.42. The maximum atomic E-state index is 12.6. The van der Waals surface area contributed by atoms with Crippen LogP contribution in [0.5, 0.6) is 0 Å². The van der Waals surface area contributed by atoms with Crippen LogP contribution in [-0.4, -0.2) is 54.7 Å². The summed E-state index contributed by atoms with van der Waals surface area (Å²) in [7, 11) is -2.01. The lowest BCUT2D eigenvalue weighted by molar-refractivity contribution is 0.0787. The van der Waals surface area contributed by atoms with Gasteiger partial charge in [0.15, 0.2) is 0 Å². The first-order valence-corrected chi connectivity index (χ1v) is 9.15. The molecule has 1 atom stereocenters. The normalized spacial score (nSPS) is 17.5. The highest BCUT2D eigenvalue weighted by Crippen LogP contribution is 2.21. The molecule has 0 unspecified atom stereocenters. The summed E-state index contributed by atoms with van der Waals surface area (Å²) in [5.41, 5.74) is 0.339. The Labute approximate surface area is 132 Å². The van der Waals surface area contributed by atoms with Crippen molar-refractivity contribution in [1.82, 2.24) is 14.2 Å². The van der Waals surface area contributed by atoms with Gasteiger partial charge in [0, 0.05) is 32.4 Å². The molecule has 1 saturated heterocycles. The van der Waals surface area contributed by atoms with E-state index < -0.39 is 10.0 Å². The van der Waals surface area contributed by atoms with Gasteiger partial charge in [-0.1, -0.05) is 13.8 Å². The number of aromatic nitrogens is 1. The fourth-order valence-electron chi connectivity index (χ4n) is 2.54. The summed E-state index contributed by atoms with van der Waals surface area (Å²) >= 11 is 0. The van der Waals surface area contributed by atoms with E-state index in [1.54, 1.807) is 11.9 Å². The van der Waals surface area contributed by atoms with E-state index in [9.17, 15) is 13.2 Å². The van der Waals surface area contributed by atoms with Crippen molar-refractivity contribution in [3.8, 4) is 0 Å². The zero-order valence-corrected chi connectivity index (χ0v) is 14.5. The molecule has 2 heterocycles. The van der Waals surface area contributed by atoms with Gasteiger partial charge >= 0.3 is 0 Å². The molecule has 2 rings (SSSR count). The molecule has 124 valence electrons. The summed E-state index contributed by atoms with van der Waals surface area (Å²) in [6.45, 7) is 7.33. The van der Waals surface area contributed by atoms with Crippen LogP contribution in [0.2, 0.25) is 0 Å². The molecular weight excluding hydrogens is 302 g/mol. The quantitative estimate of drug-likeness (QED) is 0.898. The second-order valence-corrected chi connectivity index (χ2v) is 8.25. The zero-order valence-electron chi connectivity index (χ0n) is 13.7. The van der Waals surface area contributed by atoms with Gasteiger partial charge in [-0.25, -0.2) is 8.42 Å². The maximum Gasteiger partial charge on any atom is 0.270 e. The van der Waals surface area contributed by atoms with Crippen LogP contribution in [-0.2, 0) is 10.0 Å². The van der Waals surface area contributed by atoms with Crippen LogP contribution in [0.25, 0.3) is 0 Å². The number of hydrogen-bond donors (Lipinski definition) is 1. The van der Waals surface area contributed by atoms with E-state index in [1.165, 1.54) is 16.6 Å². The molecule has 0 spiro atoms. The second-order valence-electron chi connectivity index (χ2n) is 6.25. The van der Waals surface area contributed by atoms with E-state index >= 15 is 0 Å². The highest BCUT2D eigenvalue weighted by molar-refractivity contribution is 7.89. The lowest BCUT2D eigenvalue weighted by Crippen LogP contribution is -2.38. The molecule has 1 fully saturated rings. The first-order valence-electron chi connectivity index (χ1n) is 7.71. The zero-order chi connectivity index (χ0) is 16.5. The SMILES string of the molecule is CC(C)[C@@H](C)N(C)S(=O)(=O)c1c[nH]c(C(=O)N2CCCC2)c1. The van der Waals surface area contributed by atoms with Gasteiger partial charge in [0.05, 0.1) is 0 Å². The lowest BCUT2D eigenvalue weighted by Gasteiger charge is -2.26. The number of H-pyrrole nitrogens is 1. The van der Waals surface area contributed by atoms with Crippen molar-refractivity contribution in [3.63, 3.8) is 0 Å². The highest BCUT2D eigenvalue weighted by atomic mass is 32.2. The van der Waals surface area contributed by atoms with Gasteiger partial charge in [-0.2, -0.15) is 4.31 Å². The van der Waals surface area contributed by atoms with Crippen molar-refractivity contribution in [3.05, 3.63) is 18.0 Å².